The van der Waals surface area contributed by atoms with E-state index in [-0.39, 0.29) is 18.5 Å². The Hall–Kier alpha value is -0.580. The fourth-order valence-electron chi connectivity index (χ4n) is 1.86. The number of allylic oxidation sites excluding steroid dienone is 1. The van der Waals surface area contributed by atoms with E-state index in [0.717, 1.165) is 5.76 Å². The van der Waals surface area contributed by atoms with E-state index in [1.807, 2.05) is 26.8 Å². The maximum Gasteiger partial charge on any atom is 0.228 e. The van der Waals surface area contributed by atoms with Crippen molar-refractivity contribution in [3.63, 3.8) is 0 Å². The molecule has 0 aromatic rings. The molecule has 4 heteroatoms. The van der Waals surface area contributed by atoms with Gasteiger partial charge in [0.2, 0.25) is 6.29 Å². The Morgan fingerprint density at radius 3 is 2.71 bits per heavy atom. The van der Waals surface area contributed by atoms with Gasteiger partial charge in [0.25, 0.3) is 0 Å². The van der Waals surface area contributed by atoms with E-state index in [2.05, 4.69) is 0 Å². The van der Waals surface area contributed by atoms with Crippen molar-refractivity contribution in [2.75, 3.05) is 7.11 Å². The minimum Gasteiger partial charge on any atom is -0.467 e. The van der Waals surface area contributed by atoms with Gasteiger partial charge in [0.1, 0.15) is 6.10 Å². The smallest absolute Gasteiger partial charge is 0.228 e. The molecule has 0 spiro atoms. The van der Waals surface area contributed by atoms with Gasteiger partial charge in [-0.25, -0.2) is 0 Å². The van der Waals surface area contributed by atoms with Gasteiger partial charge in [-0.3, -0.25) is 0 Å². The second kappa shape index (κ2) is 3.22. The molecule has 1 saturated heterocycles. The number of fused-ring (bicyclic) bond motifs is 1. The summed E-state index contributed by atoms with van der Waals surface area (Å²) in [5, 5.41) is 0. The Morgan fingerprint density at radius 1 is 1.36 bits per heavy atom. The number of ether oxygens (including phenoxy) is 4. The van der Waals surface area contributed by atoms with E-state index in [0.29, 0.717) is 0 Å². The molecule has 2 heterocycles. The molecule has 0 aromatic heterocycles. The van der Waals surface area contributed by atoms with Gasteiger partial charge in [-0.2, -0.15) is 0 Å². The molecule has 0 radical (unpaired) electrons. The van der Waals surface area contributed by atoms with E-state index >= 15 is 0 Å². The molecule has 0 aliphatic carbocycles. The molecule has 4 nitrogen and oxygen atoms in total. The summed E-state index contributed by atoms with van der Waals surface area (Å²) in [6.45, 7) is 5.67. The average molecular weight is 200 g/mol. The average Bonchev–Trinajstić information content (AvgIpc) is 2.37. The molecule has 0 aromatic carbocycles. The molecule has 2 aliphatic rings. The van der Waals surface area contributed by atoms with Gasteiger partial charge < -0.3 is 18.9 Å². The van der Waals surface area contributed by atoms with Gasteiger partial charge in [-0.1, -0.05) is 0 Å². The molecule has 0 saturated carbocycles. The van der Waals surface area contributed by atoms with Crippen molar-refractivity contribution >= 4 is 0 Å². The summed E-state index contributed by atoms with van der Waals surface area (Å²) in [6.07, 6.45) is 1.32. The zero-order valence-corrected chi connectivity index (χ0v) is 8.94. The number of hydrogen-bond donors (Lipinski definition) is 0. The quantitative estimate of drug-likeness (QED) is 0.641. The molecule has 80 valence electrons. The summed E-state index contributed by atoms with van der Waals surface area (Å²) in [7, 11) is 1.61. The monoisotopic (exact) mass is 200 g/mol. The zero-order valence-electron chi connectivity index (χ0n) is 8.94. The molecule has 3 atom stereocenters. The predicted molar refractivity (Wildman–Crippen MR) is 49.5 cm³/mol. The van der Waals surface area contributed by atoms with Crippen LogP contribution in [0.4, 0.5) is 0 Å². The van der Waals surface area contributed by atoms with Crippen LogP contribution in [0, 0.1) is 0 Å². The maximum atomic E-state index is 5.70. The molecule has 2 aliphatic heterocycles. The van der Waals surface area contributed by atoms with Crippen LogP contribution in [0.15, 0.2) is 11.8 Å². The van der Waals surface area contributed by atoms with Crippen LogP contribution in [-0.4, -0.2) is 31.4 Å². The Balaban J connectivity index is 2.20. The third kappa shape index (κ3) is 1.65. The highest BCUT2D eigenvalue weighted by Gasteiger charge is 2.47. The van der Waals surface area contributed by atoms with Crippen LogP contribution in [0.5, 0.6) is 0 Å². The van der Waals surface area contributed by atoms with Crippen LogP contribution in [0.3, 0.4) is 0 Å². The lowest BCUT2D eigenvalue weighted by molar-refractivity contribution is -0.199. The van der Waals surface area contributed by atoms with Gasteiger partial charge in [-0.05, 0) is 26.8 Å². The summed E-state index contributed by atoms with van der Waals surface area (Å²) in [4.78, 5) is 0. The molecule has 14 heavy (non-hydrogen) atoms. The standard InChI is InChI=1S/C10H16O4/c1-6-5-7-8(9(11-4)12-6)14-10(2,3)13-7/h5,7-9H,1-4H3/t7-,8-,9-/m0/s1. The summed E-state index contributed by atoms with van der Waals surface area (Å²) in [5.41, 5.74) is 0. The van der Waals surface area contributed by atoms with Gasteiger partial charge in [0.15, 0.2) is 11.9 Å². The molecule has 0 amide bonds. The maximum absolute atomic E-state index is 5.70. The summed E-state index contributed by atoms with van der Waals surface area (Å²) in [6, 6.07) is 0. The van der Waals surface area contributed by atoms with E-state index < -0.39 is 5.79 Å². The second-order valence-corrected chi connectivity index (χ2v) is 4.06. The first-order valence-electron chi connectivity index (χ1n) is 4.75. The van der Waals surface area contributed by atoms with E-state index in [1.165, 1.54) is 0 Å². The van der Waals surface area contributed by atoms with Crippen molar-refractivity contribution in [2.45, 2.75) is 45.1 Å². The number of rotatable bonds is 1. The zero-order chi connectivity index (χ0) is 10.3. The van der Waals surface area contributed by atoms with Crippen molar-refractivity contribution < 1.29 is 18.9 Å². The minimum atomic E-state index is -0.559. The van der Waals surface area contributed by atoms with Crippen LogP contribution >= 0.6 is 0 Å². The molecular weight excluding hydrogens is 184 g/mol. The lowest BCUT2D eigenvalue weighted by Gasteiger charge is -2.29. The van der Waals surface area contributed by atoms with Crippen LogP contribution in [0.1, 0.15) is 20.8 Å². The van der Waals surface area contributed by atoms with Gasteiger partial charge in [0, 0.05) is 7.11 Å². The van der Waals surface area contributed by atoms with Gasteiger partial charge in [0.05, 0.1) is 5.76 Å². The van der Waals surface area contributed by atoms with Crippen molar-refractivity contribution in [1.29, 1.82) is 0 Å². The summed E-state index contributed by atoms with van der Waals surface area (Å²) in [5.74, 6) is 0.260. The first-order chi connectivity index (χ1) is 6.52. The van der Waals surface area contributed by atoms with E-state index in [1.54, 1.807) is 7.11 Å². The molecule has 0 N–H and O–H groups in total. The molecule has 0 bridgehead atoms. The Morgan fingerprint density at radius 2 is 2.07 bits per heavy atom. The topological polar surface area (TPSA) is 36.9 Å². The van der Waals surface area contributed by atoms with Crippen molar-refractivity contribution in [1.82, 2.24) is 0 Å². The first kappa shape index (κ1) is 9.96. The van der Waals surface area contributed by atoms with E-state index in [4.69, 9.17) is 18.9 Å². The van der Waals surface area contributed by atoms with E-state index in [9.17, 15) is 0 Å². The van der Waals surface area contributed by atoms with Crippen LogP contribution in [0.2, 0.25) is 0 Å². The van der Waals surface area contributed by atoms with Crippen LogP contribution < -0.4 is 0 Å². The fraction of sp³-hybridized carbons (Fsp3) is 0.800. The highest BCUT2D eigenvalue weighted by molar-refractivity contribution is 5.06. The molecule has 2 rings (SSSR count). The minimum absolute atomic E-state index is 0.0660. The molecule has 1 fully saturated rings. The number of methoxy groups -OCH3 is 1. The first-order valence-corrected chi connectivity index (χ1v) is 4.75. The largest absolute Gasteiger partial charge is 0.467 e. The fourth-order valence-corrected chi connectivity index (χ4v) is 1.86. The third-order valence-corrected chi connectivity index (χ3v) is 2.37. The van der Waals surface area contributed by atoms with Crippen molar-refractivity contribution in [2.24, 2.45) is 0 Å². The molecule has 0 unspecified atom stereocenters. The Labute approximate surface area is 83.8 Å². The van der Waals surface area contributed by atoms with Crippen molar-refractivity contribution in [3.8, 4) is 0 Å². The normalized spacial score (nSPS) is 40.0. The van der Waals surface area contributed by atoms with Gasteiger partial charge in [-0.15, -0.1) is 0 Å². The van der Waals surface area contributed by atoms with Crippen LogP contribution in [0.25, 0.3) is 0 Å². The third-order valence-electron chi connectivity index (χ3n) is 2.37. The summed E-state index contributed by atoms with van der Waals surface area (Å²) < 4.78 is 22.1. The SMILES string of the molecule is CO[C@H]1OC(C)=C[C@@H]2OC(C)(C)O[C@H]12. The lowest BCUT2D eigenvalue weighted by Crippen LogP contribution is -2.40. The highest BCUT2D eigenvalue weighted by Crippen LogP contribution is 2.35. The summed E-state index contributed by atoms with van der Waals surface area (Å²) >= 11 is 0. The van der Waals surface area contributed by atoms with Crippen molar-refractivity contribution in [3.05, 3.63) is 11.8 Å². The van der Waals surface area contributed by atoms with Crippen LogP contribution in [-0.2, 0) is 18.9 Å². The van der Waals surface area contributed by atoms with Gasteiger partial charge >= 0.3 is 0 Å². The Kier molecular flexibility index (Phi) is 2.29. The second-order valence-electron chi connectivity index (χ2n) is 4.06. The number of hydrogen-bond acceptors (Lipinski definition) is 4. The lowest BCUT2D eigenvalue weighted by atomic mass is 10.1. The Bertz CT molecular complexity index is 259. The predicted octanol–water partition coefficient (Wildman–Crippen LogP) is 1.41. The highest BCUT2D eigenvalue weighted by atomic mass is 16.8. The molecular formula is C10H16O4.